The second kappa shape index (κ2) is 4.20. The summed E-state index contributed by atoms with van der Waals surface area (Å²) in [5.41, 5.74) is 2.13. The number of hydrogen-bond acceptors (Lipinski definition) is 3. The van der Waals surface area contributed by atoms with Gasteiger partial charge in [-0.05, 0) is 19.1 Å². The molecule has 1 saturated heterocycles. The maximum Gasteiger partial charge on any atom is 0.0672 e. The van der Waals surface area contributed by atoms with E-state index < -0.39 is 0 Å². The van der Waals surface area contributed by atoms with E-state index in [1.54, 1.807) is 6.20 Å². The van der Waals surface area contributed by atoms with Gasteiger partial charge in [-0.1, -0.05) is 11.6 Å². The van der Waals surface area contributed by atoms with E-state index in [1.165, 1.54) is 0 Å². The van der Waals surface area contributed by atoms with Crippen LogP contribution in [0.15, 0.2) is 18.3 Å². The van der Waals surface area contributed by atoms with Crippen LogP contribution in [-0.4, -0.2) is 35.9 Å². The number of H-pyrrole nitrogens is 1. The topological polar surface area (TPSA) is 44.0 Å². The molecule has 1 aliphatic heterocycles. The van der Waals surface area contributed by atoms with Gasteiger partial charge in [0, 0.05) is 31.1 Å². The molecule has 0 saturated carbocycles. The Hall–Kier alpha value is -1.26. The Kier molecular flexibility index (Phi) is 2.68. The first kappa shape index (κ1) is 10.9. The van der Waals surface area contributed by atoms with Gasteiger partial charge in [-0.25, -0.2) is 0 Å². The molecule has 2 heterocycles. The number of benzene rings is 1. The Bertz CT molecular complexity index is 536. The van der Waals surface area contributed by atoms with Crippen molar-refractivity contribution in [2.24, 2.45) is 0 Å². The zero-order chi connectivity index (χ0) is 11.8. The van der Waals surface area contributed by atoms with Gasteiger partial charge in [0.1, 0.15) is 0 Å². The molecule has 5 heteroatoms. The fourth-order valence-corrected chi connectivity index (χ4v) is 2.65. The summed E-state index contributed by atoms with van der Waals surface area (Å²) in [7, 11) is 0. The summed E-state index contributed by atoms with van der Waals surface area (Å²) in [4.78, 5) is 2.35. The average molecular weight is 251 g/mol. The summed E-state index contributed by atoms with van der Waals surface area (Å²) in [6, 6.07) is 4.53. The standard InChI is InChI=1S/C12H15ClN4/c1-8-6-14-2-3-17(8)12-5-11-9(4-10(12)13)7-15-16-11/h4-5,7-8,14H,2-3,6H2,1H3,(H,15,16). The van der Waals surface area contributed by atoms with E-state index in [4.69, 9.17) is 11.6 Å². The molecule has 0 bridgehead atoms. The quantitative estimate of drug-likeness (QED) is 0.814. The van der Waals surface area contributed by atoms with Gasteiger partial charge in [0.2, 0.25) is 0 Å². The second-order valence-electron chi connectivity index (χ2n) is 4.51. The zero-order valence-corrected chi connectivity index (χ0v) is 10.5. The van der Waals surface area contributed by atoms with Crippen molar-refractivity contribution in [3.63, 3.8) is 0 Å². The predicted octanol–water partition coefficient (Wildman–Crippen LogP) is 2.01. The van der Waals surface area contributed by atoms with Gasteiger partial charge in [0.25, 0.3) is 0 Å². The number of rotatable bonds is 1. The van der Waals surface area contributed by atoms with Crippen LogP contribution in [-0.2, 0) is 0 Å². The molecule has 17 heavy (non-hydrogen) atoms. The lowest BCUT2D eigenvalue weighted by atomic mass is 10.1. The summed E-state index contributed by atoms with van der Waals surface area (Å²) in [6.07, 6.45) is 1.80. The lowest BCUT2D eigenvalue weighted by Gasteiger charge is -2.36. The molecule has 1 aliphatic rings. The van der Waals surface area contributed by atoms with E-state index in [0.717, 1.165) is 41.2 Å². The Morgan fingerprint density at radius 1 is 1.47 bits per heavy atom. The SMILES string of the molecule is CC1CNCCN1c1cc2[nH]ncc2cc1Cl. The molecule has 1 aromatic carbocycles. The van der Waals surface area contributed by atoms with Gasteiger partial charge in [-0.15, -0.1) is 0 Å². The van der Waals surface area contributed by atoms with Gasteiger partial charge in [-0.2, -0.15) is 5.10 Å². The van der Waals surface area contributed by atoms with Gasteiger partial charge >= 0.3 is 0 Å². The van der Waals surface area contributed by atoms with Gasteiger partial charge in [0.05, 0.1) is 22.4 Å². The molecule has 2 aromatic rings. The van der Waals surface area contributed by atoms with Crippen LogP contribution < -0.4 is 10.2 Å². The van der Waals surface area contributed by atoms with Crippen molar-refractivity contribution in [3.05, 3.63) is 23.4 Å². The van der Waals surface area contributed by atoms with Crippen molar-refractivity contribution in [1.29, 1.82) is 0 Å². The van der Waals surface area contributed by atoms with Crippen molar-refractivity contribution < 1.29 is 0 Å². The molecule has 1 unspecified atom stereocenters. The minimum absolute atomic E-state index is 0.460. The molecule has 0 radical (unpaired) electrons. The largest absolute Gasteiger partial charge is 0.365 e. The highest BCUT2D eigenvalue weighted by molar-refractivity contribution is 6.34. The fraction of sp³-hybridized carbons (Fsp3) is 0.417. The Morgan fingerprint density at radius 2 is 2.35 bits per heavy atom. The summed E-state index contributed by atoms with van der Waals surface area (Å²) < 4.78 is 0. The van der Waals surface area contributed by atoms with Crippen LogP contribution in [0.25, 0.3) is 10.9 Å². The number of anilines is 1. The first-order valence-corrected chi connectivity index (χ1v) is 6.23. The van der Waals surface area contributed by atoms with E-state index in [2.05, 4.69) is 33.4 Å². The van der Waals surface area contributed by atoms with Crippen LogP contribution in [0.5, 0.6) is 0 Å². The third-order valence-electron chi connectivity index (χ3n) is 3.32. The molecule has 2 N–H and O–H groups in total. The van der Waals surface area contributed by atoms with E-state index >= 15 is 0 Å². The zero-order valence-electron chi connectivity index (χ0n) is 9.70. The van der Waals surface area contributed by atoms with Gasteiger partial charge in [0.15, 0.2) is 0 Å². The Labute approximate surface area is 105 Å². The van der Waals surface area contributed by atoms with E-state index in [0.29, 0.717) is 6.04 Å². The van der Waals surface area contributed by atoms with Crippen molar-refractivity contribution >= 4 is 28.2 Å². The number of nitrogens with zero attached hydrogens (tertiary/aromatic N) is 2. The summed E-state index contributed by atoms with van der Waals surface area (Å²) in [5.74, 6) is 0. The molecular weight excluding hydrogens is 236 g/mol. The van der Waals surface area contributed by atoms with Crippen molar-refractivity contribution in [1.82, 2.24) is 15.5 Å². The minimum atomic E-state index is 0.460. The van der Waals surface area contributed by atoms with Gasteiger partial charge in [-0.3, -0.25) is 5.10 Å². The number of aromatic amines is 1. The first-order valence-electron chi connectivity index (χ1n) is 5.85. The van der Waals surface area contributed by atoms with Crippen LogP contribution in [0.3, 0.4) is 0 Å². The monoisotopic (exact) mass is 250 g/mol. The molecule has 1 aromatic heterocycles. The fourth-order valence-electron chi connectivity index (χ4n) is 2.37. The number of hydrogen-bond donors (Lipinski definition) is 2. The van der Waals surface area contributed by atoms with Crippen molar-refractivity contribution in [3.8, 4) is 0 Å². The Balaban J connectivity index is 2.05. The molecular formula is C12H15ClN4. The number of nitrogens with one attached hydrogen (secondary N) is 2. The summed E-state index contributed by atoms with van der Waals surface area (Å²) in [5, 5.41) is 12.3. The van der Waals surface area contributed by atoms with Crippen LogP contribution in [0.1, 0.15) is 6.92 Å². The second-order valence-corrected chi connectivity index (χ2v) is 4.91. The van der Waals surface area contributed by atoms with Crippen molar-refractivity contribution in [2.75, 3.05) is 24.5 Å². The van der Waals surface area contributed by atoms with E-state index in [9.17, 15) is 0 Å². The lowest BCUT2D eigenvalue weighted by molar-refractivity contribution is 0.501. The molecule has 1 atom stereocenters. The predicted molar refractivity (Wildman–Crippen MR) is 70.8 cm³/mol. The highest BCUT2D eigenvalue weighted by Gasteiger charge is 2.20. The van der Waals surface area contributed by atoms with Crippen LogP contribution in [0.2, 0.25) is 5.02 Å². The molecule has 0 aliphatic carbocycles. The number of halogens is 1. The third kappa shape index (κ3) is 1.87. The summed E-state index contributed by atoms with van der Waals surface area (Å²) in [6.45, 7) is 5.19. The number of piperazine rings is 1. The molecule has 1 fully saturated rings. The number of fused-ring (bicyclic) bond motifs is 1. The minimum Gasteiger partial charge on any atom is -0.365 e. The molecule has 0 amide bonds. The van der Waals surface area contributed by atoms with E-state index in [1.807, 2.05) is 6.07 Å². The third-order valence-corrected chi connectivity index (χ3v) is 3.62. The van der Waals surface area contributed by atoms with Crippen LogP contribution >= 0.6 is 11.6 Å². The van der Waals surface area contributed by atoms with Gasteiger partial charge < -0.3 is 10.2 Å². The lowest BCUT2D eigenvalue weighted by Crippen LogP contribution is -2.50. The normalized spacial score (nSPS) is 21.1. The van der Waals surface area contributed by atoms with Crippen LogP contribution in [0.4, 0.5) is 5.69 Å². The molecule has 90 valence electrons. The molecule has 4 nitrogen and oxygen atoms in total. The Morgan fingerprint density at radius 3 is 3.18 bits per heavy atom. The van der Waals surface area contributed by atoms with Crippen LogP contribution in [0, 0.1) is 0 Å². The maximum absolute atomic E-state index is 6.36. The molecule has 3 rings (SSSR count). The number of aromatic nitrogens is 2. The first-order chi connectivity index (χ1) is 8.25. The van der Waals surface area contributed by atoms with Crippen molar-refractivity contribution in [2.45, 2.75) is 13.0 Å². The molecule has 0 spiro atoms. The van der Waals surface area contributed by atoms with E-state index in [-0.39, 0.29) is 0 Å². The smallest absolute Gasteiger partial charge is 0.0672 e. The average Bonchev–Trinajstić information content (AvgIpc) is 2.76. The summed E-state index contributed by atoms with van der Waals surface area (Å²) >= 11 is 6.36. The highest BCUT2D eigenvalue weighted by atomic mass is 35.5. The maximum atomic E-state index is 6.36. The highest BCUT2D eigenvalue weighted by Crippen LogP contribution is 2.31.